The maximum absolute atomic E-state index is 12.5. The number of fused-ring (bicyclic) bond motifs is 1. The van der Waals surface area contributed by atoms with Gasteiger partial charge in [-0.05, 0) is 49.9 Å². The van der Waals surface area contributed by atoms with Gasteiger partial charge < -0.3 is 9.47 Å². The molecule has 3 heterocycles. The smallest absolute Gasteiger partial charge is 0.255 e. The third kappa shape index (κ3) is 3.14. The number of likely N-dealkylation sites (tertiary alicyclic amines) is 1. The van der Waals surface area contributed by atoms with Gasteiger partial charge in [-0.25, -0.2) is 4.98 Å². The third-order valence-electron chi connectivity index (χ3n) is 5.10. The summed E-state index contributed by atoms with van der Waals surface area (Å²) in [6.07, 6.45) is 5.39. The molecule has 0 N–H and O–H groups in total. The van der Waals surface area contributed by atoms with Crippen LogP contribution in [-0.4, -0.2) is 38.4 Å². The van der Waals surface area contributed by atoms with Gasteiger partial charge in [-0.1, -0.05) is 12.1 Å². The summed E-state index contributed by atoms with van der Waals surface area (Å²) in [7, 11) is 0. The summed E-state index contributed by atoms with van der Waals surface area (Å²) < 4.78 is 2.32. The van der Waals surface area contributed by atoms with E-state index in [-0.39, 0.29) is 5.91 Å². The molecule has 1 fully saturated rings. The minimum absolute atomic E-state index is 0.0933. The minimum atomic E-state index is 0.0933. The molecule has 1 aliphatic heterocycles. The highest BCUT2D eigenvalue weighted by molar-refractivity contribution is 5.93. The van der Waals surface area contributed by atoms with Gasteiger partial charge in [0.1, 0.15) is 5.82 Å². The molecule has 25 heavy (non-hydrogen) atoms. The number of carbonyl (C=O) groups excluding carboxylic acids is 1. The largest absolute Gasteiger partial charge is 0.339 e. The van der Waals surface area contributed by atoms with Crippen LogP contribution in [-0.2, 0) is 6.54 Å². The van der Waals surface area contributed by atoms with Crippen molar-refractivity contribution in [3.63, 3.8) is 0 Å². The van der Waals surface area contributed by atoms with Crippen LogP contribution in [0.5, 0.6) is 0 Å². The number of piperidine rings is 1. The highest BCUT2D eigenvalue weighted by Crippen LogP contribution is 2.24. The molecular formula is C20H22N4O. The predicted molar refractivity (Wildman–Crippen MR) is 97.3 cm³/mol. The Balaban J connectivity index is 1.42. The molecule has 0 spiro atoms. The molecule has 0 aliphatic carbocycles. The molecule has 0 atom stereocenters. The van der Waals surface area contributed by atoms with Crippen molar-refractivity contribution in [2.75, 3.05) is 13.1 Å². The maximum atomic E-state index is 12.5. The summed E-state index contributed by atoms with van der Waals surface area (Å²) in [6, 6.07) is 11.9. The fourth-order valence-corrected chi connectivity index (χ4v) is 3.68. The Morgan fingerprint density at radius 3 is 2.72 bits per heavy atom. The standard InChI is InChI=1S/C20H22N4O/c1-15-22-18-6-2-3-7-19(18)24(15)14-16-8-11-23(12-9-16)20(25)17-5-4-10-21-13-17/h2-7,10,13,16H,8-9,11-12,14H2,1H3. The first-order chi connectivity index (χ1) is 12.2. The summed E-state index contributed by atoms with van der Waals surface area (Å²) in [5.74, 6) is 1.74. The molecule has 0 unspecified atom stereocenters. The summed E-state index contributed by atoms with van der Waals surface area (Å²) in [4.78, 5) is 23.2. The molecule has 5 heteroatoms. The van der Waals surface area contributed by atoms with E-state index in [9.17, 15) is 4.79 Å². The number of hydrogen-bond acceptors (Lipinski definition) is 3. The minimum Gasteiger partial charge on any atom is -0.339 e. The number of pyridine rings is 1. The molecule has 128 valence electrons. The van der Waals surface area contributed by atoms with Crippen molar-refractivity contribution in [3.05, 3.63) is 60.2 Å². The van der Waals surface area contributed by atoms with Crippen LogP contribution < -0.4 is 0 Å². The molecule has 1 saturated heterocycles. The third-order valence-corrected chi connectivity index (χ3v) is 5.10. The lowest BCUT2D eigenvalue weighted by Crippen LogP contribution is -2.39. The Bertz CT molecular complexity index is 879. The second kappa shape index (κ2) is 6.67. The second-order valence-corrected chi connectivity index (χ2v) is 6.74. The first-order valence-corrected chi connectivity index (χ1v) is 8.83. The first-order valence-electron chi connectivity index (χ1n) is 8.83. The van der Waals surface area contributed by atoms with E-state index in [1.165, 1.54) is 5.52 Å². The van der Waals surface area contributed by atoms with Crippen LogP contribution in [0.25, 0.3) is 11.0 Å². The van der Waals surface area contributed by atoms with Gasteiger partial charge in [0.15, 0.2) is 0 Å². The average molecular weight is 334 g/mol. The average Bonchev–Trinajstić information content (AvgIpc) is 2.98. The molecule has 1 aromatic carbocycles. The van der Waals surface area contributed by atoms with Gasteiger partial charge in [0, 0.05) is 32.0 Å². The van der Waals surface area contributed by atoms with E-state index in [0.29, 0.717) is 11.5 Å². The van der Waals surface area contributed by atoms with Crippen LogP contribution in [0.1, 0.15) is 29.0 Å². The van der Waals surface area contributed by atoms with Crippen molar-refractivity contribution in [2.45, 2.75) is 26.3 Å². The van der Waals surface area contributed by atoms with Crippen LogP contribution in [0.15, 0.2) is 48.8 Å². The van der Waals surface area contributed by atoms with Crippen molar-refractivity contribution in [3.8, 4) is 0 Å². The quantitative estimate of drug-likeness (QED) is 0.738. The van der Waals surface area contributed by atoms with Crippen LogP contribution in [0.3, 0.4) is 0 Å². The van der Waals surface area contributed by atoms with Gasteiger partial charge >= 0.3 is 0 Å². The molecule has 2 aromatic heterocycles. The molecular weight excluding hydrogens is 312 g/mol. The zero-order valence-electron chi connectivity index (χ0n) is 14.4. The van der Waals surface area contributed by atoms with Crippen LogP contribution in [0.4, 0.5) is 0 Å². The Kier molecular flexibility index (Phi) is 4.22. The summed E-state index contributed by atoms with van der Waals surface area (Å²) in [5, 5.41) is 0. The lowest BCUT2D eigenvalue weighted by Gasteiger charge is -2.32. The summed E-state index contributed by atoms with van der Waals surface area (Å²) in [5.41, 5.74) is 2.94. The SMILES string of the molecule is Cc1nc2ccccc2n1CC1CCN(C(=O)c2cccnc2)CC1. The Morgan fingerprint density at radius 2 is 1.96 bits per heavy atom. The number of aryl methyl sites for hydroxylation is 1. The highest BCUT2D eigenvalue weighted by atomic mass is 16.2. The van der Waals surface area contributed by atoms with Crippen LogP contribution in [0, 0.1) is 12.8 Å². The molecule has 0 bridgehead atoms. The molecule has 1 amide bonds. The van der Waals surface area contributed by atoms with Crippen molar-refractivity contribution in [1.82, 2.24) is 19.4 Å². The number of amides is 1. The molecule has 5 nitrogen and oxygen atoms in total. The molecule has 4 rings (SSSR count). The fraction of sp³-hybridized carbons (Fsp3) is 0.350. The van der Waals surface area contributed by atoms with Crippen molar-refractivity contribution in [2.24, 2.45) is 5.92 Å². The number of rotatable bonds is 3. The van der Waals surface area contributed by atoms with Crippen LogP contribution in [0.2, 0.25) is 0 Å². The van der Waals surface area contributed by atoms with Crippen molar-refractivity contribution < 1.29 is 4.79 Å². The van der Waals surface area contributed by atoms with Gasteiger partial charge in [-0.15, -0.1) is 0 Å². The zero-order valence-corrected chi connectivity index (χ0v) is 14.4. The Morgan fingerprint density at radius 1 is 1.16 bits per heavy atom. The predicted octanol–water partition coefficient (Wildman–Crippen LogP) is 3.29. The molecule has 1 aliphatic rings. The van der Waals surface area contributed by atoms with E-state index < -0.39 is 0 Å². The van der Waals surface area contributed by atoms with Gasteiger partial charge in [-0.3, -0.25) is 9.78 Å². The number of para-hydroxylation sites is 2. The monoisotopic (exact) mass is 334 g/mol. The van der Waals surface area contributed by atoms with E-state index in [1.807, 2.05) is 23.1 Å². The van der Waals surface area contributed by atoms with E-state index in [1.54, 1.807) is 12.4 Å². The normalized spacial score (nSPS) is 15.6. The first kappa shape index (κ1) is 15.8. The molecule has 0 radical (unpaired) electrons. The number of imidazole rings is 1. The van der Waals surface area contributed by atoms with Crippen LogP contribution >= 0.6 is 0 Å². The van der Waals surface area contributed by atoms with E-state index in [0.717, 1.165) is 43.8 Å². The van der Waals surface area contributed by atoms with Crippen molar-refractivity contribution in [1.29, 1.82) is 0 Å². The van der Waals surface area contributed by atoms with Gasteiger partial charge in [0.05, 0.1) is 16.6 Å². The van der Waals surface area contributed by atoms with Gasteiger partial charge in [0.25, 0.3) is 5.91 Å². The summed E-state index contributed by atoms with van der Waals surface area (Å²) in [6.45, 7) is 4.66. The topological polar surface area (TPSA) is 51.0 Å². The highest BCUT2D eigenvalue weighted by Gasteiger charge is 2.24. The fourth-order valence-electron chi connectivity index (χ4n) is 3.68. The van der Waals surface area contributed by atoms with E-state index >= 15 is 0 Å². The Hall–Kier alpha value is -2.69. The lowest BCUT2D eigenvalue weighted by molar-refractivity contribution is 0.0682. The van der Waals surface area contributed by atoms with Gasteiger partial charge in [0.2, 0.25) is 0 Å². The number of nitrogens with zero attached hydrogens (tertiary/aromatic N) is 4. The molecule has 0 saturated carbocycles. The van der Waals surface area contributed by atoms with E-state index in [4.69, 9.17) is 0 Å². The Labute approximate surface area is 147 Å². The number of carbonyl (C=O) groups is 1. The lowest BCUT2D eigenvalue weighted by atomic mass is 9.96. The van der Waals surface area contributed by atoms with Gasteiger partial charge in [-0.2, -0.15) is 0 Å². The van der Waals surface area contributed by atoms with E-state index in [2.05, 4.69) is 39.7 Å². The zero-order chi connectivity index (χ0) is 17.2. The number of aromatic nitrogens is 3. The van der Waals surface area contributed by atoms with Crippen molar-refractivity contribution >= 4 is 16.9 Å². The molecule has 3 aromatic rings. The second-order valence-electron chi connectivity index (χ2n) is 6.74. The number of benzene rings is 1. The summed E-state index contributed by atoms with van der Waals surface area (Å²) >= 11 is 0. The maximum Gasteiger partial charge on any atom is 0.255 e. The number of hydrogen-bond donors (Lipinski definition) is 0.